The standard InChI is InChI=1S/C14H21BN2O2/c1-9-6-11(7-10(8-16)12(9)17)15-18-13(2,3)14(4,5)19-15/h6-8,16H,17H2,1-5H3. The second-order valence-electron chi connectivity index (χ2n) is 6.07. The van der Waals surface area contributed by atoms with Crippen LogP contribution in [0.15, 0.2) is 12.1 Å². The SMILES string of the molecule is Cc1cc(B2OC(C)(C)C(C)(C)O2)cc(C=N)c1N. The second kappa shape index (κ2) is 4.35. The highest BCUT2D eigenvalue weighted by Gasteiger charge is 2.51. The first-order valence-corrected chi connectivity index (χ1v) is 6.44. The number of aryl methyl sites for hydroxylation is 1. The predicted molar refractivity (Wildman–Crippen MR) is 79.2 cm³/mol. The molecule has 3 N–H and O–H groups in total. The zero-order chi connectivity index (χ0) is 14.4. The van der Waals surface area contributed by atoms with Gasteiger partial charge in [0, 0.05) is 17.5 Å². The van der Waals surface area contributed by atoms with Crippen molar-refractivity contribution in [1.29, 1.82) is 5.41 Å². The van der Waals surface area contributed by atoms with Crippen molar-refractivity contribution in [2.45, 2.75) is 45.8 Å². The van der Waals surface area contributed by atoms with Crippen molar-refractivity contribution in [3.63, 3.8) is 0 Å². The normalized spacial score (nSPS) is 20.6. The van der Waals surface area contributed by atoms with Gasteiger partial charge in [0.1, 0.15) is 0 Å². The molecule has 0 radical (unpaired) electrons. The van der Waals surface area contributed by atoms with Crippen LogP contribution in [0.1, 0.15) is 38.8 Å². The van der Waals surface area contributed by atoms with Gasteiger partial charge < -0.3 is 20.5 Å². The summed E-state index contributed by atoms with van der Waals surface area (Å²) in [5, 5.41) is 7.42. The summed E-state index contributed by atoms with van der Waals surface area (Å²) in [6.07, 6.45) is 1.26. The molecule has 0 unspecified atom stereocenters. The van der Waals surface area contributed by atoms with E-state index in [0.717, 1.165) is 11.0 Å². The smallest absolute Gasteiger partial charge is 0.399 e. The first-order valence-electron chi connectivity index (χ1n) is 6.44. The zero-order valence-corrected chi connectivity index (χ0v) is 12.2. The summed E-state index contributed by atoms with van der Waals surface area (Å²) in [5.41, 5.74) is 8.38. The Balaban J connectivity index is 2.40. The molecular formula is C14H21BN2O2. The van der Waals surface area contributed by atoms with Gasteiger partial charge in [-0.05, 0) is 45.6 Å². The van der Waals surface area contributed by atoms with Crippen LogP contribution in [0.25, 0.3) is 0 Å². The predicted octanol–water partition coefficient (Wildman–Crippen LogP) is 1.87. The van der Waals surface area contributed by atoms with Crippen molar-refractivity contribution in [1.82, 2.24) is 0 Å². The maximum absolute atomic E-state index is 7.42. The number of rotatable bonds is 2. The third-order valence-corrected chi connectivity index (χ3v) is 4.12. The van der Waals surface area contributed by atoms with Gasteiger partial charge in [-0.1, -0.05) is 12.1 Å². The quantitative estimate of drug-likeness (QED) is 0.484. The summed E-state index contributed by atoms with van der Waals surface area (Å²) in [6, 6.07) is 3.82. The maximum atomic E-state index is 7.42. The topological polar surface area (TPSA) is 68.3 Å². The Labute approximate surface area is 114 Å². The van der Waals surface area contributed by atoms with E-state index in [-0.39, 0.29) is 11.2 Å². The summed E-state index contributed by atoms with van der Waals surface area (Å²) in [7, 11) is -0.414. The second-order valence-corrected chi connectivity index (χ2v) is 6.07. The van der Waals surface area contributed by atoms with E-state index in [4.69, 9.17) is 20.5 Å². The van der Waals surface area contributed by atoms with Crippen molar-refractivity contribution in [3.8, 4) is 0 Å². The van der Waals surface area contributed by atoms with Gasteiger partial charge in [0.05, 0.1) is 11.2 Å². The van der Waals surface area contributed by atoms with E-state index in [9.17, 15) is 0 Å². The monoisotopic (exact) mass is 260 g/mol. The van der Waals surface area contributed by atoms with Crippen LogP contribution in [0.5, 0.6) is 0 Å². The molecule has 1 saturated heterocycles. The van der Waals surface area contributed by atoms with Crippen molar-refractivity contribution in [2.24, 2.45) is 0 Å². The summed E-state index contributed by atoms with van der Waals surface area (Å²) in [6.45, 7) is 10.0. The first kappa shape index (κ1) is 14.1. The van der Waals surface area contributed by atoms with E-state index >= 15 is 0 Å². The van der Waals surface area contributed by atoms with Crippen LogP contribution in [0.3, 0.4) is 0 Å². The van der Waals surface area contributed by atoms with Crippen molar-refractivity contribution in [3.05, 3.63) is 23.3 Å². The fourth-order valence-corrected chi connectivity index (χ4v) is 2.09. The van der Waals surface area contributed by atoms with E-state index in [2.05, 4.69) is 0 Å². The Hall–Kier alpha value is -1.33. The molecule has 0 atom stereocenters. The van der Waals surface area contributed by atoms with E-state index in [0.29, 0.717) is 11.3 Å². The molecule has 1 aliphatic heterocycles. The Bertz CT molecular complexity index is 510. The van der Waals surface area contributed by atoms with Gasteiger partial charge in [0.25, 0.3) is 0 Å². The average molecular weight is 260 g/mol. The molecule has 0 aliphatic carbocycles. The number of hydrogen-bond acceptors (Lipinski definition) is 4. The molecule has 5 heteroatoms. The molecule has 102 valence electrons. The molecule has 0 bridgehead atoms. The third-order valence-electron chi connectivity index (χ3n) is 4.12. The highest BCUT2D eigenvalue weighted by Crippen LogP contribution is 2.36. The molecule has 2 rings (SSSR count). The third kappa shape index (κ3) is 2.28. The Kier molecular flexibility index (Phi) is 3.23. The molecule has 1 aromatic carbocycles. The van der Waals surface area contributed by atoms with Crippen LogP contribution >= 0.6 is 0 Å². The average Bonchev–Trinajstić information content (AvgIpc) is 2.52. The Morgan fingerprint density at radius 1 is 1.16 bits per heavy atom. The van der Waals surface area contributed by atoms with Crippen LogP contribution < -0.4 is 11.2 Å². The molecule has 1 aromatic rings. The molecule has 0 aromatic heterocycles. The summed E-state index contributed by atoms with van der Waals surface area (Å²) >= 11 is 0. The largest absolute Gasteiger partial charge is 0.494 e. The molecule has 1 aliphatic rings. The fourth-order valence-electron chi connectivity index (χ4n) is 2.09. The lowest BCUT2D eigenvalue weighted by molar-refractivity contribution is 0.00578. The van der Waals surface area contributed by atoms with Gasteiger partial charge in [0.15, 0.2) is 0 Å². The minimum absolute atomic E-state index is 0.363. The fraction of sp³-hybridized carbons (Fsp3) is 0.500. The van der Waals surface area contributed by atoms with Crippen molar-refractivity contribution >= 4 is 24.5 Å². The van der Waals surface area contributed by atoms with E-state index in [1.807, 2.05) is 46.8 Å². The number of nitrogens with two attached hydrogens (primary N) is 1. The van der Waals surface area contributed by atoms with Gasteiger partial charge in [-0.3, -0.25) is 0 Å². The van der Waals surface area contributed by atoms with Crippen LogP contribution in [0, 0.1) is 12.3 Å². The van der Waals surface area contributed by atoms with Crippen LogP contribution in [-0.4, -0.2) is 24.5 Å². The van der Waals surface area contributed by atoms with E-state index in [1.54, 1.807) is 0 Å². The highest BCUT2D eigenvalue weighted by molar-refractivity contribution is 6.62. The first-order chi connectivity index (χ1) is 8.68. The van der Waals surface area contributed by atoms with Gasteiger partial charge in [-0.2, -0.15) is 0 Å². The highest BCUT2D eigenvalue weighted by atomic mass is 16.7. The molecule has 19 heavy (non-hydrogen) atoms. The molecule has 0 saturated carbocycles. The van der Waals surface area contributed by atoms with E-state index in [1.165, 1.54) is 6.21 Å². The van der Waals surface area contributed by atoms with Crippen molar-refractivity contribution < 1.29 is 9.31 Å². The minimum atomic E-state index is -0.414. The van der Waals surface area contributed by atoms with Gasteiger partial charge >= 0.3 is 7.12 Å². The van der Waals surface area contributed by atoms with Gasteiger partial charge in [-0.25, -0.2) is 0 Å². The number of anilines is 1. The van der Waals surface area contributed by atoms with Gasteiger partial charge in [-0.15, -0.1) is 0 Å². The number of nitrogens with one attached hydrogen (secondary N) is 1. The van der Waals surface area contributed by atoms with E-state index < -0.39 is 7.12 Å². The van der Waals surface area contributed by atoms with Crippen molar-refractivity contribution in [2.75, 3.05) is 5.73 Å². The van der Waals surface area contributed by atoms with Crippen LogP contribution in [0.2, 0.25) is 0 Å². The maximum Gasteiger partial charge on any atom is 0.494 e. The Morgan fingerprint density at radius 3 is 2.16 bits per heavy atom. The molecule has 0 amide bonds. The molecule has 4 nitrogen and oxygen atoms in total. The zero-order valence-electron chi connectivity index (χ0n) is 12.2. The lowest BCUT2D eigenvalue weighted by Gasteiger charge is -2.32. The molecule has 0 spiro atoms. The van der Waals surface area contributed by atoms with Crippen LogP contribution in [-0.2, 0) is 9.31 Å². The molecular weight excluding hydrogens is 239 g/mol. The summed E-state index contributed by atoms with van der Waals surface area (Å²) < 4.78 is 12.0. The van der Waals surface area contributed by atoms with Gasteiger partial charge in [0.2, 0.25) is 0 Å². The molecule has 1 fully saturated rings. The number of hydrogen-bond donors (Lipinski definition) is 2. The Morgan fingerprint density at radius 2 is 1.68 bits per heavy atom. The lowest BCUT2D eigenvalue weighted by Crippen LogP contribution is -2.41. The van der Waals surface area contributed by atoms with Crippen LogP contribution in [0.4, 0.5) is 5.69 Å². The number of nitrogen functional groups attached to an aromatic ring is 1. The minimum Gasteiger partial charge on any atom is -0.399 e. The number of benzene rings is 1. The summed E-state index contributed by atoms with van der Waals surface area (Å²) in [4.78, 5) is 0. The summed E-state index contributed by atoms with van der Waals surface area (Å²) in [5.74, 6) is 0. The lowest BCUT2D eigenvalue weighted by atomic mass is 9.77. The molecule has 1 heterocycles.